The van der Waals surface area contributed by atoms with Gasteiger partial charge in [-0.3, -0.25) is 9.94 Å². The molecule has 0 amide bonds. The van der Waals surface area contributed by atoms with E-state index in [-0.39, 0.29) is 0 Å². The molecule has 2 aromatic rings. The highest BCUT2D eigenvalue weighted by atomic mass is 32.1. The van der Waals surface area contributed by atoms with Crippen LogP contribution in [0.2, 0.25) is 0 Å². The number of nitrogens with zero attached hydrogens (tertiary/aromatic N) is 1. The summed E-state index contributed by atoms with van der Waals surface area (Å²) in [7, 11) is 0. The molecule has 2 N–H and O–H groups in total. The number of aromatic amines is 1. The van der Waals surface area contributed by atoms with E-state index in [1.54, 1.807) is 11.3 Å². The molecule has 18 heavy (non-hydrogen) atoms. The van der Waals surface area contributed by atoms with E-state index in [0.29, 0.717) is 12.6 Å². The van der Waals surface area contributed by atoms with Crippen molar-refractivity contribution in [3.05, 3.63) is 29.3 Å². The fourth-order valence-corrected chi connectivity index (χ4v) is 3.08. The van der Waals surface area contributed by atoms with E-state index in [4.69, 9.17) is 4.84 Å². The first-order valence-corrected chi connectivity index (χ1v) is 7.26. The lowest BCUT2D eigenvalue weighted by Gasteiger charge is -2.11. The Kier molecular flexibility index (Phi) is 3.73. The quantitative estimate of drug-likeness (QED) is 0.815. The lowest BCUT2D eigenvalue weighted by molar-refractivity contribution is -0.0243. The van der Waals surface area contributed by atoms with Crippen LogP contribution >= 0.6 is 11.3 Å². The number of nitrogens with one attached hydrogen (secondary N) is 2. The minimum Gasteiger partial charge on any atom is -0.298 e. The first-order valence-electron chi connectivity index (χ1n) is 6.38. The van der Waals surface area contributed by atoms with Gasteiger partial charge in [0, 0.05) is 12.1 Å². The minimum absolute atomic E-state index is 0.391. The van der Waals surface area contributed by atoms with Gasteiger partial charge in [-0.1, -0.05) is 18.9 Å². The number of H-pyrrole nitrogens is 1. The fourth-order valence-electron chi connectivity index (χ4n) is 2.32. The molecule has 1 fully saturated rings. The first-order chi connectivity index (χ1) is 8.93. The van der Waals surface area contributed by atoms with Gasteiger partial charge in [-0.05, 0) is 24.3 Å². The highest BCUT2D eigenvalue weighted by Crippen LogP contribution is 2.26. The zero-order valence-electron chi connectivity index (χ0n) is 10.2. The summed E-state index contributed by atoms with van der Waals surface area (Å²) in [6.45, 7) is 0.695. The summed E-state index contributed by atoms with van der Waals surface area (Å²) in [6, 6.07) is 4.15. The van der Waals surface area contributed by atoms with Crippen molar-refractivity contribution in [2.45, 2.75) is 38.3 Å². The Morgan fingerprint density at radius 1 is 1.44 bits per heavy atom. The average molecular weight is 263 g/mol. The van der Waals surface area contributed by atoms with E-state index >= 15 is 0 Å². The maximum Gasteiger partial charge on any atom is 0.0795 e. The summed E-state index contributed by atoms with van der Waals surface area (Å²) < 4.78 is 0. The second kappa shape index (κ2) is 5.65. The maximum absolute atomic E-state index is 5.66. The zero-order valence-corrected chi connectivity index (χ0v) is 11.0. The van der Waals surface area contributed by atoms with Gasteiger partial charge in [-0.2, -0.15) is 10.6 Å². The Morgan fingerprint density at radius 2 is 2.33 bits per heavy atom. The van der Waals surface area contributed by atoms with Crippen molar-refractivity contribution in [1.29, 1.82) is 0 Å². The van der Waals surface area contributed by atoms with Crippen LogP contribution in [0.4, 0.5) is 0 Å². The van der Waals surface area contributed by atoms with Crippen molar-refractivity contribution in [3.8, 4) is 10.6 Å². The molecule has 1 aliphatic carbocycles. The number of hydrogen-bond acceptors (Lipinski definition) is 4. The summed E-state index contributed by atoms with van der Waals surface area (Å²) in [4.78, 5) is 6.87. The maximum atomic E-state index is 5.66. The zero-order chi connectivity index (χ0) is 12.2. The molecule has 3 rings (SSSR count). The SMILES string of the molecule is c1csc(-c2[nH]ncc2CNOC2CCCC2)c1. The van der Waals surface area contributed by atoms with E-state index < -0.39 is 0 Å². The van der Waals surface area contributed by atoms with Gasteiger partial charge in [0.05, 0.1) is 22.9 Å². The van der Waals surface area contributed by atoms with Gasteiger partial charge in [0.2, 0.25) is 0 Å². The van der Waals surface area contributed by atoms with Gasteiger partial charge in [0.25, 0.3) is 0 Å². The fraction of sp³-hybridized carbons (Fsp3) is 0.462. The molecule has 5 heteroatoms. The van der Waals surface area contributed by atoms with Gasteiger partial charge < -0.3 is 0 Å². The highest BCUT2D eigenvalue weighted by molar-refractivity contribution is 7.13. The van der Waals surface area contributed by atoms with Crippen LogP contribution in [0.5, 0.6) is 0 Å². The third kappa shape index (κ3) is 2.63. The second-order valence-electron chi connectivity index (χ2n) is 4.59. The van der Waals surface area contributed by atoms with E-state index in [1.165, 1.54) is 30.6 Å². The summed E-state index contributed by atoms with van der Waals surface area (Å²) in [5.41, 5.74) is 5.32. The van der Waals surface area contributed by atoms with Crippen molar-refractivity contribution in [2.75, 3.05) is 0 Å². The van der Waals surface area contributed by atoms with Crippen molar-refractivity contribution < 1.29 is 4.84 Å². The molecule has 96 valence electrons. The third-order valence-corrected chi connectivity index (χ3v) is 4.19. The lowest BCUT2D eigenvalue weighted by atomic mass is 10.2. The van der Waals surface area contributed by atoms with Gasteiger partial charge >= 0.3 is 0 Å². The first kappa shape index (κ1) is 11.9. The minimum atomic E-state index is 0.391. The summed E-state index contributed by atoms with van der Waals surface area (Å²) >= 11 is 1.71. The van der Waals surface area contributed by atoms with Crippen LogP contribution in [-0.4, -0.2) is 16.3 Å². The molecule has 0 aromatic carbocycles. The number of hydrogen-bond donors (Lipinski definition) is 2. The molecule has 2 heterocycles. The smallest absolute Gasteiger partial charge is 0.0795 e. The van der Waals surface area contributed by atoms with Crippen LogP contribution in [0.25, 0.3) is 10.6 Å². The van der Waals surface area contributed by atoms with Crippen molar-refractivity contribution in [2.24, 2.45) is 0 Å². The lowest BCUT2D eigenvalue weighted by Crippen LogP contribution is -2.21. The van der Waals surface area contributed by atoms with Crippen LogP contribution in [0.1, 0.15) is 31.2 Å². The Bertz CT molecular complexity index is 474. The van der Waals surface area contributed by atoms with E-state index in [2.05, 4.69) is 27.1 Å². The standard InChI is InChI=1S/C13H17N3OS/c1-2-5-11(4-1)17-15-9-10-8-14-16-13(10)12-6-3-7-18-12/h3,6-8,11,15H,1-2,4-5,9H2,(H,14,16). The van der Waals surface area contributed by atoms with Gasteiger partial charge in [0.1, 0.15) is 0 Å². The molecule has 0 bridgehead atoms. The number of rotatable bonds is 5. The summed E-state index contributed by atoms with van der Waals surface area (Å²) in [6.07, 6.45) is 7.19. The normalized spacial score (nSPS) is 16.4. The molecular weight excluding hydrogens is 246 g/mol. The van der Waals surface area contributed by atoms with Crippen molar-refractivity contribution in [3.63, 3.8) is 0 Å². The Morgan fingerprint density at radius 3 is 3.11 bits per heavy atom. The van der Waals surface area contributed by atoms with Crippen LogP contribution < -0.4 is 5.48 Å². The largest absolute Gasteiger partial charge is 0.298 e. The number of hydroxylamine groups is 1. The molecule has 2 aromatic heterocycles. The second-order valence-corrected chi connectivity index (χ2v) is 5.54. The molecule has 0 atom stereocenters. The number of aromatic nitrogens is 2. The van der Waals surface area contributed by atoms with Gasteiger partial charge in [0.15, 0.2) is 0 Å². The average Bonchev–Trinajstić information content (AvgIpc) is 3.12. The molecule has 0 radical (unpaired) electrons. The van der Waals surface area contributed by atoms with Crippen LogP contribution in [0.3, 0.4) is 0 Å². The summed E-state index contributed by atoms with van der Waals surface area (Å²) in [5.74, 6) is 0. The van der Waals surface area contributed by atoms with E-state index in [0.717, 1.165) is 11.3 Å². The molecule has 0 saturated heterocycles. The molecule has 0 spiro atoms. The Hall–Kier alpha value is -1.17. The van der Waals surface area contributed by atoms with Crippen molar-refractivity contribution in [1.82, 2.24) is 15.7 Å². The monoisotopic (exact) mass is 263 g/mol. The molecule has 1 aliphatic rings. The molecular formula is C13H17N3OS. The predicted octanol–water partition coefficient (Wildman–Crippen LogP) is 3.10. The van der Waals surface area contributed by atoms with E-state index in [9.17, 15) is 0 Å². The van der Waals surface area contributed by atoms with Gasteiger partial charge in [-0.15, -0.1) is 11.3 Å². The molecule has 4 nitrogen and oxygen atoms in total. The summed E-state index contributed by atoms with van der Waals surface area (Å²) in [5, 5.41) is 9.24. The van der Waals surface area contributed by atoms with Crippen molar-refractivity contribution >= 4 is 11.3 Å². The molecule has 1 saturated carbocycles. The molecule has 0 aliphatic heterocycles. The topological polar surface area (TPSA) is 49.9 Å². The molecule has 0 unspecified atom stereocenters. The van der Waals surface area contributed by atoms with Gasteiger partial charge in [-0.25, -0.2) is 0 Å². The van der Waals surface area contributed by atoms with Crippen LogP contribution in [0, 0.1) is 0 Å². The van der Waals surface area contributed by atoms with E-state index in [1.807, 2.05) is 12.3 Å². The highest BCUT2D eigenvalue weighted by Gasteiger charge is 2.16. The predicted molar refractivity (Wildman–Crippen MR) is 72.1 cm³/mol. The number of thiophene rings is 1. The van der Waals surface area contributed by atoms with Crippen LogP contribution in [0.15, 0.2) is 23.7 Å². The Labute approximate surface area is 110 Å². The Balaban J connectivity index is 1.58. The third-order valence-electron chi connectivity index (χ3n) is 3.30. The van der Waals surface area contributed by atoms with Crippen LogP contribution in [-0.2, 0) is 11.4 Å².